The van der Waals surface area contributed by atoms with E-state index in [-0.39, 0.29) is 5.41 Å². The lowest BCUT2D eigenvalue weighted by Crippen LogP contribution is -2.12. The fourth-order valence-corrected chi connectivity index (χ4v) is 6.51. The molecule has 1 nitrogen and oxygen atoms in total. The Kier molecular flexibility index (Phi) is 4.46. The van der Waals surface area contributed by atoms with E-state index in [4.69, 9.17) is 4.98 Å². The number of fused-ring (bicyclic) bond motifs is 3. The Labute approximate surface area is 196 Å². The molecule has 3 heterocycles. The van der Waals surface area contributed by atoms with Crippen LogP contribution in [0.1, 0.15) is 26.3 Å². The predicted octanol–water partition coefficient (Wildman–Crippen LogP) is 9.30. The first-order valence-corrected chi connectivity index (χ1v) is 12.6. The lowest BCUT2D eigenvalue weighted by Gasteiger charge is -2.22. The molecule has 0 aliphatic rings. The highest BCUT2D eigenvalue weighted by atomic mass is 32.1. The normalized spacial score (nSPS) is 12.2. The summed E-state index contributed by atoms with van der Waals surface area (Å²) in [6.45, 7) is 6.87. The first-order chi connectivity index (χ1) is 15.5. The van der Waals surface area contributed by atoms with Crippen LogP contribution >= 0.6 is 22.7 Å². The van der Waals surface area contributed by atoms with Crippen LogP contribution in [0.25, 0.3) is 52.6 Å². The largest absolute Gasteiger partial charge is 0.256 e. The van der Waals surface area contributed by atoms with Crippen LogP contribution in [0.2, 0.25) is 0 Å². The number of hydrogen-bond acceptors (Lipinski definition) is 3. The van der Waals surface area contributed by atoms with Gasteiger partial charge < -0.3 is 0 Å². The number of nitrogens with zero attached hydrogens (tertiary/aromatic N) is 1. The van der Waals surface area contributed by atoms with E-state index >= 15 is 0 Å². The summed E-state index contributed by atoms with van der Waals surface area (Å²) in [5.41, 5.74) is 4.99. The SMILES string of the molecule is CC(C)(C)c1cc(-c2nccc3sc(-c4cccc5sccc45)cc23)cc2ccccc12. The fourth-order valence-electron chi connectivity index (χ4n) is 4.60. The summed E-state index contributed by atoms with van der Waals surface area (Å²) >= 11 is 3.66. The first-order valence-electron chi connectivity index (χ1n) is 10.9. The van der Waals surface area contributed by atoms with Crippen molar-refractivity contribution in [3.8, 4) is 21.7 Å². The van der Waals surface area contributed by atoms with Crippen molar-refractivity contribution in [1.29, 1.82) is 0 Å². The van der Waals surface area contributed by atoms with Crippen molar-refractivity contribution in [2.75, 3.05) is 0 Å². The molecule has 3 aromatic heterocycles. The molecular weight excluding hydrogens is 426 g/mol. The van der Waals surface area contributed by atoms with Crippen LogP contribution in [0, 0.1) is 0 Å². The minimum absolute atomic E-state index is 0.0535. The van der Waals surface area contributed by atoms with Crippen LogP contribution in [0.5, 0.6) is 0 Å². The van der Waals surface area contributed by atoms with E-state index in [0.717, 1.165) is 5.69 Å². The average Bonchev–Trinajstić information content (AvgIpc) is 3.44. The molecule has 0 amide bonds. The standard InChI is InChI=1S/C29H23NS2/c1-29(2,3)24-16-19(15-18-7-4-5-8-20(18)24)28-23-17-27(32-26(23)11-13-30-28)21-9-6-10-25-22(21)12-14-31-25/h4-17H,1-3H3. The van der Waals surface area contributed by atoms with E-state index in [9.17, 15) is 0 Å². The van der Waals surface area contributed by atoms with Gasteiger partial charge in [-0.05, 0) is 63.5 Å². The molecule has 0 saturated carbocycles. The molecule has 0 radical (unpaired) electrons. The van der Waals surface area contributed by atoms with Crippen molar-refractivity contribution >= 4 is 53.6 Å². The Balaban J connectivity index is 1.60. The molecule has 0 N–H and O–H groups in total. The van der Waals surface area contributed by atoms with Gasteiger partial charge in [0.15, 0.2) is 0 Å². The van der Waals surface area contributed by atoms with Gasteiger partial charge in [-0.3, -0.25) is 4.98 Å². The second-order valence-corrected chi connectivity index (χ2v) is 11.3. The van der Waals surface area contributed by atoms with E-state index in [1.807, 2.05) is 17.5 Å². The maximum atomic E-state index is 4.88. The van der Waals surface area contributed by atoms with Crippen molar-refractivity contribution < 1.29 is 0 Å². The smallest absolute Gasteiger partial charge is 0.0789 e. The molecule has 0 bridgehead atoms. The maximum Gasteiger partial charge on any atom is 0.0789 e. The van der Waals surface area contributed by atoms with Gasteiger partial charge in [-0.2, -0.15) is 0 Å². The molecule has 0 atom stereocenters. The van der Waals surface area contributed by atoms with Crippen molar-refractivity contribution in [3.05, 3.63) is 89.9 Å². The fraction of sp³-hybridized carbons (Fsp3) is 0.138. The highest BCUT2D eigenvalue weighted by Gasteiger charge is 2.20. The molecule has 6 rings (SSSR count). The summed E-state index contributed by atoms with van der Waals surface area (Å²) in [6.07, 6.45) is 1.95. The van der Waals surface area contributed by atoms with Gasteiger partial charge in [-0.15, -0.1) is 22.7 Å². The third-order valence-corrected chi connectivity index (χ3v) is 8.17. The van der Waals surface area contributed by atoms with Crippen molar-refractivity contribution in [2.24, 2.45) is 0 Å². The summed E-state index contributed by atoms with van der Waals surface area (Å²) in [5.74, 6) is 0. The van der Waals surface area contributed by atoms with Gasteiger partial charge in [0, 0.05) is 42.4 Å². The van der Waals surface area contributed by atoms with E-state index < -0.39 is 0 Å². The zero-order chi connectivity index (χ0) is 21.9. The predicted molar refractivity (Wildman–Crippen MR) is 142 cm³/mol. The summed E-state index contributed by atoms with van der Waals surface area (Å²) in [6, 6.07) is 26.7. The number of pyridine rings is 1. The van der Waals surface area contributed by atoms with Crippen molar-refractivity contribution in [3.63, 3.8) is 0 Å². The minimum Gasteiger partial charge on any atom is -0.256 e. The molecular formula is C29H23NS2. The Bertz CT molecular complexity index is 1610. The van der Waals surface area contributed by atoms with Gasteiger partial charge in [0.25, 0.3) is 0 Å². The Morgan fingerprint density at radius 2 is 1.62 bits per heavy atom. The molecule has 0 aliphatic heterocycles. The second kappa shape index (κ2) is 7.26. The molecule has 0 aliphatic carbocycles. The van der Waals surface area contributed by atoms with Crippen LogP contribution in [0.4, 0.5) is 0 Å². The topological polar surface area (TPSA) is 12.9 Å². The maximum absolute atomic E-state index is 4.88. The number of aromatic nitrogens is 1. The summed E-state index contributed by atoms with van der Waals surface area (Å²) in [5, 5.41) is 7.34. The third kappa shape index (κ3) is 3.16. The molecule has 0 unspecified atom stereocenters. The van der Waals surface area contributed by atoms with Gasteiger partial charge in [-0.1, -0.05) is 57.2 Å². The van der Waals surface area contributed by atoms with E-state index in [0.29, 0.717) is 0 Å². The number of rotatable bonds is 2. The minimum atomic E-state index is 0.0535. The Morgan fingerprint density at radius 3 is 2.50 bits per heavy atom. The third-order valence-electron chi connectivity index (χ3n) is 6.15. The van der Waals surface area contributed by atoms with E-state index in [2.05, 4.69) is 98.9 Å². The zero-order valence-electron chi connectivity index (χ0n) is 18.3. The molecule has 0 spiro atoms. The van der Waals surface area contributed by atoms with Crippen molar-refractivity contribution in [2.45, 2.75) is 26.2 Å². The molecule has 3 aromatic carbocycles. The van der Waals surface area contributed by atoms with Crippen LogP contribution in [-0.2, 0) is 5.41 Å². The summed E-state index contributed by atoms with van der Waals surface area (Å²) in [4.78, 5) is 6.18. The quantitative estimate of drug-likeness (QED) is 0.257. The molecule has 0 saturated heterocycles. The molecule has 32 heavy (non-hydrogen) atoms. The lowest BCUT2D eigenvalue weighted by molar-refractivity contribution is 0.596. The van der Waals surface area contributed by atoms with Gasteiger partial charge in [0.2, 0.25) is 0 Å². The van der Waals surface area contributed by atoms with Gasteiger partial charge in [0.1, 0.15) is 0 Å². The monoisotopic (exact) mass is 449 g/mol. The Hall–Kier alpha value is -3.01. The number of benzene rings is 3. The number of thiophene rings is 2. The molecule has 6 aromatic rings. The van der Waals surface area contributed by atoms with Gasteiger partial charge in [0.05, 0.1) is 5.69 Å². The zero-order valence-corrected chi connectivity index (χ0v) is 20.0. The highest BCUT2D eigenvalue weighted by molar-refractivity contribution is 7.22. The van der Waals surface area contributed by atoms with Crippen LogP contribution in [-0.4, -0.2) is 4.98 Å². The van der Waals surface area contributed by atoms with Crippen LogP contribution in [0.3, 0.4) is 0 Å². The highest BCUT2D eigenvalue weighted by Crippen LogP contribution is 2.42. The lowest BCUT2D eigenvalue weighted by atomic mass is 9.82. The second-order valence-electron chi connectivity index (χ2n) is 9.31. The average molecular weight is 450 g/mol. The van der Waals surface area contributed by atoms with Crippen LogP contribution in [0.15, 0.2) is 84.4 Å². The molecule has 0 fully saturated rings. The number of hydrogen-bond donors (Lipinski definition) is 0. The Morgan fingerprint density at radius 1 is 0.750 bits per heavy atom. The summed E-state index contributed by atoms with van der Waals surface area (Å²) < 4.78 is 2.62. The van der Waals surface area contributed by atoms with Crippen molar-refractivity contribution in [1.82, 2.24) is 4.98 Å². The van der Waals surface area contributed by atoms with Crippen LogP contribution < -0.4 is 0 Å². The van der Waals surface area contributed by atoms with Gasteiger partial charge in [-0.25, -0.2) is 0 Å². The molecule has 3 heteroatoms. The van der Waals surface area contributed by atoms with E-state index in [1.54, 1.807) is 11.3 Å². The van der Waals surface area contributed by atoms with E-state index in [1.165, 1.54) is 52.5 Å². The summed E-state index contributed by atoms with van der Waals surface area (Å²) in [7, 11) is 0. The first kappa shape index (κ1) is 19.7. The molecule has 156 valence electrons. The van der Waals surface area contributed by atoms with Gasteiger partial charge >= 0.3 is 0 Å².